The number of esters is 1. The Bertz CT molecular complexity index is 412. The van der Waals surface area contributed by atoms with Gasteiger partial charge < -0.3 is 15.8 Å². The van der Waals surface area contributed by atoms with E-state index in [0.717, 1.165) is 0 Å². The maximum absolute atomic E-state index is 13.2. The zero-order valence-electron chi connectivity index (χ0n) is 8.88. The van der Waals surface area contributed by atoms with Gasteiger partial charge in [0.1, 0.15) is 11.9 Å². The van der Waals surface area contributed by atoms with Gasteiger partial charge >= 0.3 is 5.97 Å². The molecule has 16 heavy (non-hydrogen) atoms. The van der Waals surface area contributed by atoms with E-state index in [9.17, 15) is 9.18 Å². The highest BCUT2D eigenvalue weighted by Crippen LogP contribution is 2.26. The molecule has 0 bridgehead atoms. The molecule has 6 heteroatoms. The second-order valence-electron chi connectivity index (χ2n) is 3.24. The van der Waals surface area contributed by atoms with Gasteiger partial charge in [-0.2, -0.15) is 0 Å². The maximum Gasteiger partial charge on any atom is 0.327 e. The molecule has 0 saturated heterocycles. The molecule has 0 aliphatic carbocycles. The van der Waals surface area contributed by atoms with E-state index in [1.165, 1.54) is 19.2 Å². The number of ether oxygens (including phenoxy) is 1. The molecule has 0 aliphatic rings. The van der Waals surface area contributed by atoms with Crippen LogP contribution in [0, 0.1) is 5.82 Å². The number of hydrogen-bond donors (Lipinski definition) is 2. The Hall–Kier alpha value is -1.30. The average molecular weight is 291 g/mol. The fraction of sp³-hybridized carbons (Fsp3) is 0.300. The molecule has 1 unspecified atom stereocenters. The van der Waals surface area contributed by atoms with Crippen molar-refractivity contribution in [2.24, 2.45) is 0 Å². The number of nitrogen functional groups attached to an aromatic ring is 1. The van der Waals surface area contributed by atoms with Gasteiger partial charge in [-0.1, -0.05) is 0 Å². The first kappa shape index (κ1) is 12.8. The fourth-order valence-corrected chi connectivity index (χ4v) is 1.52. The van der Waals surface area contributed by atoms with Crippen LogP contribution < -0.4 is 11.1 Å². The minimum atomic E-state index is -0.590. The third-order valence-electron chi connectivity index (χ3n) is 2.02. The number of anilines is 2. The van der Waals surface area contributed by atoms with Crippen LogP contribution in [0.2, 0.25) is 0 Å². The molecule has 1 aromatic carbocycles. The van der Waals surface area contributed by atoms with Crippen LogP contribution in [-0.4, -0.2) is 19.1 Å². The number of hydrogen-bond acceptors (Lipinski definition) is 4. The second-order valence-corrected chi connectivity index (χ2v) is 4.10. The summed E-state index contributed by atoms with van der Waals surface area (Å²) in [6.45, 7) is 1.60. The highest BCUT2D eigenvalue weighted by Gasteiger charge is 2.15. The van der Waals surface area contributed by atoms with Gasteiger partial charge in [0.25, 0.3) is 0 Å². The van der Waals surface area contributed by atoms with Gasteiger partial charge in [0, 0.05) is 6.07 Å². The number of carbonyl (C=O) groups is 1. The lowest BCUT2D eigenvalue weighted by Crippen LogP contribution is -2.27. The summed E-state index contributed by atoms with van der Waals surface area (Å²) in [5.41, 5.74) is 6.38. The van der Waals surface area contributed by atoms with Crippen LogP contribution in [0.25, 0.3) is 0 Å². The van der Waals surface area contributed by atoms with Gasteiger partial charge in [0.05, 0.1) is 23.0 Å². The van der Waals surface area contributed by atoms with Crippen molar-refractivity contribution in [3.05, 3.63) is 22.4 Å². The first-order valence-corrected chi connectivity index (χ1v) is 5.34. The monoisotopic (exact) mass is 290 g/mol. The van der Waals surface area contributed by atoms with E-state index in [-0.39, 0.29) is 4.47 Å². The summed E-state index contributed by atoms with van der Waals surface area (Å²) in [4.78, 5) is 11.2. The van der Waals surface area contributed by atoms with Crippen molar-refractivity contribution in [3.8, 4) is 0 Å². The van der Waals surface area contributed by atoms with Crippen molar-refractivity contribution in [1.29, 1.82) is 0 Å². The molecule has 0 amide bonds. The Morgan fingerprint density at radius 2 is 2.25 bits per heavy atom. The van der Waals surface area contributed by atoms with Crippen molar-refractivity contribution in [2.45, 2.75) is 13.0 Å². The van der Waals surface area contributed by atoms with Gasteiger partial charge in [0.15, 0.2) is 0 Å². The van der Waals surface area contributed by atoms with E-state index in [2.05, 4.69) is 26.0 Å². The molecule has 0 aromatic heterocycles. The molecule has 3 N–H and O–H groups in total. The van der Waals surface area contributed by atoms with Gasteiger partial charge in [-0.05, 0) is 28.9 Å². The van der Waals surface area contributed by atoms with E-state index in [0.29, 0.717) is 11.4 Å². The number of halogens is 2. The van der Waals surface area contributed by atoms with Gasteiger partial charge in [-0.3, -0.25) is 0 Å². The summed E-state index contributed by atoms with van der Waals surface area (Å²) in [7, 11) is 1.28. The van der Waals surface area contributed by atoms with E-state index in [1.54, 1.807) is 6.92 Å². The fourth-order valence-electron chi connectivity index (χ4n) is 1.16. The van der Waals surface area contributed by atoms with Crippen LogP contribution >= 0.6 is 15.9 Å². The molecule has 1 aromatic rings. The van der Waals surface area contributed by atoms with Crippen LogP contribution in [0.5, 0.6) is 0 Å². The molecule has 1 atom stereocenters. The molecule has 88 valence electrons. The summed E-state index contributed by atoms with van der Waals surface area (Å²) in [5.74, 6) is -0.892. The normalized spacial score (nSPS) is 12.0. The standard InChI is InChI=1S/C10H12BrFN2O2/c1-5(10(15)16-2)14-9-4-7(12)6(11)3-8(9)13/h3-5,14H,13H2,1-2H3. The summed E-state index contributed by atoms with van der Waals surface area (Å²) in [6, 6.07) is 2.06. The molecule has 0 spiro atoms. The molecule has 0 radical (unpaired) electrons. The molecular weight excluding hydrogens is 279 g/mol. The third-order valence-corrected chi connectivity index (χ3v) is 2.63. The maximum atomic E-state index is 13.2. The minimum absolute atomic E-state index is 0.279. The van der Waals surface area contributed by atoms with E-state index in [1.807, 2.05) is 0 Å². The predicted octanol–water partition coefficient (Wildman–Crippen LogP) is 2.14. The van der Waals surface area contributed by atoms with Crippen LogP contribution in [-0.2, 0) is 9.53 Å². The van der Waals surface area contributed by atoms with Gasteiger partial charge in [-0.25, -0.2) is 9.18 Å². The minimum Gasteiger partial charge on any atom is -0.467 e. The lowest BCUT2D eigenvalue weighted by atomic mass is 10.2. The number of benzene rings is 1. The van der Waals surface area contributed by atoms with Crippen LogP contribution in [0.1, 0.15) is 6.92 Å². The van der Waals surface area contributed by atoms with Crippen molar-refractivity contribution in [3.63, 3.8) is 0 Å². The summed E-state index contributed by atoms with van der Waals surface area (Å²) < 4.78 is 18.0. The number of methoxy groups -OCH3 is 1. The SMILES string of the molecule is COC(=O)C(C)Nc1cc(F)c(Br)cc1N. The average Bonchev–Trinajstić information content (AvgIpc) is 2.24. The quantitative estimate of drug-likeness (QED) is 0.661. The molecule has 0 saturated carbocycles. The number of rotatable bonds is 3. The Balaban J connectivity index is 2.89. The summed E-state index contributed by atoms with van der Waals surface area (Å²) in [6.07, 6.45) is 0. The highest BCUT2D eigenvalue weighted by atomic mass is 79.9. The van der Waals surface area contributed by atoms with E-state index < -0.39 is 17.8 Å². The Kier molecular flexibility index (Phi) is 4.12. The zero-order chi connectivity index (χ0) is 12.3. The molecule has 0 aliphatic heterocycles. The van der Waals surface area contributed by atoms with Crippen LogP contribution in [0.15, 0.2) is 16.6 Å². The smallest absolute Gasteiger partial charge is 0.327 e. The van der Waals surface area contributed by atoms with Gasteiger partial charge in [-0.15, -0.1) is 0 Å². The van der Waals surface area contributed by atoms with Crippen LogP contribution in [0.4, 0.5) is 15.8 Å². The number of nitrogens with two attached hydrogens (primary N) is 1. The third kappa shape index (κ3) is 2.85. The molecule has 1 rings (SSSR count). The second kappa shape index (κ2) is 5.16. The Morgan fingerprint density at radius 1 is 1.62 bits per heavy atom. The number of carbonyl (C=O) groups excluding carboxylic acids is 1. The first-order valence-electron chi connectivity index (χ1n) is 4.54. The Morgan fingerprint density at radius 3 is 2.81 bits per heavy atom. The zero-order valence-corrected chi connectivity index (χ0v) is 10.5. The first-order chi connectivity index (χ1) is 7.45. The molecule has 0 fully saturated rings. The topological polar surface area (TPSA) is 64.3 Å². The highest BCUT2D eigenvalue weighted by molar-refractivity contribution is 9.10. The molecular formula is C10H12BrFN2O2. The Labute approximate surface area is 101 Å². The lowest BCUT2D eigenvalue weighted by molar-refractivity contribution is -0.141. The number of nitrogens with one attached hydrogen (secondary N) is 1. The van der Waals surface area contributed by atoms with Crippen molar-refractivity contribution < 1.29 is 13.9 Å². The van der Waals surface area contributed by atoms with Crippen LogP contribution in [0.3, 0.4) is 0 Å². The van der Waals surface area contributed by atoms with Crippen molar-refractivity contribution in [1.82, 2.24) is 0 Å². The molecule has 4 nitrogen and oxygen atoms in total. The molecule has 0 heterocycles. The lowest BCUT2D eigenvalue weighted by Gasteiger charge is -2.15. The summed E-state index contributed by atoms with van der Waals surface area (Å²) in [5, 5.41) is 2.77. The van der Waals surface area contributed by atoms with E-state index in [4.69, 9.17) is 5.73 Å². The van der Waals surface area contributed by atoms with Crippen molar-refractivity contribution in [2.75, 3.05) is 18.2 Å². The van der Waals surface area contributed by atoms with Gasteiger partial charge in [0.2, 0.25) is 0 Å². The van der Waals surface area contributed by atoms with E-state index >= 15 is 0 Å². The largest absolute Gasteiger partial charge is 0.467 e. The summed E-state index contributed by atoms with van der Waals surface area (Å²) >= 11 is 3.01. The van der Waals surface area contributed by atoms with Crippen molar-refractivity contribution >= 4 is 33.3 Å². The predicted molar refractivity (Wildman–Crippen MR) is 63.6 cm³/mol.